The average molecular weight is 218 g/mol. The molecule has 16 heavy (non-hydrogen) atoms. The predicted molar refractivity (Wildman–Crippen MR) is 63.3 cm³/mol. The third kappa shape index (κ3) is 2.23. The Kier molecular flexibility index (Phi) is 2.95. The van der Waals surface area contributed by atoms with Gasteiger partial charge in [-0.05, 0) is 45.7 Å². The molecule has 0 N–H and O–H groups in total. The second kappa shape index (κ2) is 4.24. The molecule has 1 saturated carbocycles. The van der Waals surface area contributed by atoms with Crippen molar-refractivity contribution in [2.75, 3.05) is 0 Å². The summed E-state index contributed by atoms with van der Waals surface area (Å²) >= 11 is 0. The second-order valence-corrected chi connectivity index (χ2v) is 4.70. The Bertz CT molecular complexity index is 395. The molecule has 1 aromatic rings. The highest BCUT2D eigenvalue weighted by molar-refractivity contribution is 5.93. The number of hydrogen-bond donors (Lipinski definition) is 0. The van der Waals surface area contributed by atoms with E-state index in [1.165, 1.54) is 0 Å². The number of amides is 1. The van der Waals surface area contributed by atoms with Gasteiger partial charge in [-0.15, -0.1) is 0 Å². The zero-order valence-corrected chi connectivity index (χ0v) is 10.1. The van der Waals surface area contributed by atoms with E-state index in [9.17, 15) is 4.79 Å². The smallest absolute Gasteiger partial charge is 0.272 e. The standard InChI is InChI=1S/C13H18N2O/c1-9(2)15(11-7-8-11)13(16)12-6-4-5-10(3)14-12/h4-6,9,11H,7-8H2,1-3H3. The first-order chi connectivity index (χ1) is 7.59. The Morgan fingerprint density at radius 3 is 2.62 bits per heavy atom. The van der Waals surface area contributed by atoms with Crippen molar-refractivity contribution in [3.63, 3.8) is 0 Å². The maximum Gasteiger partial charge on any atom is 0.272 e. The Morgan fingerprint density at radius 1 is 1.44 bits per heavy atom. The van der Waals surface area contributed by atoms with Crippen LogP contribution in [0.5, 0.6) is 0 Å². The third-order valence-electron chi connectivity index (χ3n) is 2.84. The van der Waals surface area contributed by atoms with E-state index in [-0.39, 0.29) is 11.9 Å². The zero-order valence-electron chi connectivity index (χ0n) is 10.1. The molecule has 86 valence electrons. The van der Waals surface area contributed by atoms with Crippen molar-refractivity contribution in [1.82, 2.24) is 9.88 Å². The fraction of sp³-hybridized carbons (Fsp3) is 0.538. The first kappa shape index (κ1) is 11.1. The molecule has 1 aromatic heterocycles. The Labute approximate surface area is 96.5 Å². The van der Waals surface area contributed by atoms with Crippen LogP contribution < -0.4 is 0 Å². The minimum absolute atomic E-state index is 0.0706. The van der Waals surface area contributed by atoms with Crippen LogP contribution in [-0.2, 0) is 0 Å². The van der Waals surface area contributed by atoms with Gasteiger partial charge in [0.05, 0.1) is 0 Å². The van der Waals surface area contributed by atoms with E-state index in [0.29, 0.717) is 11.7 Å². The number of hydrogen-bond acceptors (Lipinski definition) is 2. The first-order valence-electron chi connectivity index (χ1n) is 5.86. The first-order valence-corrected chi connectivity index (χ1v) is 5.86. The Hall–Kier alpha value is -1.38. The average Bonchev–Trinajstić information content (AvgIpc) is 3.01. The van der Waals surface area contributed by atoms with Crippen LogP contribution in [0.3, 0.4) is 0 Å². The molecule has 1 heterocycles. The molecule has 1 amide bonds. The predicted octanol–water partition coefficient (Wildman–Crippen LogP) is 2.40. The molecular formula is C13H18N2O. The normalized spacial score (nSPS) is 15.2. The van der Waals surface area contributed by atoms with Gasteiger partial charge >= 0.3 is 0 Å². The van der Waals surface area contributed by atoms with Gasteiger partial charge in [0.2, 0.25) is 0 Å². The maximum absolute atomic E-state index is 12.3. The van der Waals surface area contributed by atoms with Crippen LogP contribution in [0.25, 0.3) is 0 Å². The summed E-state index contributed by atoms with van der Waals surface area (Å²) in [5.74, 6) is 0.0706. The third-order valence-corrected chi connectivity index (χ3v) is 2.84. The molecule has 0 unspecified atom stereocenters. The monoisotopic (exact) mass is 218 g/mol. The molecule has 0 spiro atoms. The summed E-state index contributed by atoms with van der Waals surface area (Å²) in [5.41, 5.74) is 1.46. The molecule has 3 heteroatoms. The fourth-order valence-electron chi connectivity index (χ4n) is 1.97. The number of carbonyl (C=O) groups excluding carboxylic acids is 1. The molecule has 2 rings (SSSR count). The number of aromatic nitrogens is 1. The highest BCUT2D eigenvalue weighted by atomic mass is 16.2. The van der Waals surface area contributed by atoms with Gasteiger partial charge in [-0.1, -0.05) is 6.07 Å². The molecule has 0 aliphatic heterocycles. The quantitative estimate of drug-likeness (QED) is 0.780. The van der Waals surface area contributed by atoms with Crippen LogP contribution in [0.15, 0.2) is 18.2 Å². The summed E-state index contributed by atoms with van der Waals surface area (Å²) in [5, 5.41) is 0. The van der Waals surface area contributed by atoms with Crippen LogP contribution in [-0.4, -0.2) is 27.9 Å². The summed E-state index contributed by atoms with van der Waals surface area (Å²) in [7, 11) is 0. The summed E-state index contributed by atoms with van der Waals surface area (Å²) in [4.78, 5) is 18.5. The van der Waals surface area contributed by atoms with Gasteiger partial charge in [-0.25, -0.2) is 4.98 Å². The lowest BCUT2D eigenvalue weighted by Crippen LogP contribution is -2.39. The van der Waals surface area contributed by atoms with Crippen molar-refractivity contribution in [2.24, 2.45) is 0 Å². The summed E-state index contributed by atoms with van der Waals surface area (Å²) < 4.78 is 0. The largest absolute Gasteiger partial charge is 0.332 e. The highest BCUT2D eigenvalue weighted by Gasteiger charge is 2.35. The fourth-order valence-corrected chi connectivity index (χ4v) is 1.97. The minimum Gasteiger partial charge on any atom is -0.332 e. The number of rotatable bonds is 3. The lowest BCUT2D eigenvalue weighted by atomic mass is 10.2. The van der Waals surface area contributed by atoms with Gasteiger partial charge < -0.3 is 4.90 Å². The summed E-state index contributed by atoms with van der Waals surface area (Å²) in [6, 6.07) is 6.29. The van der Waals surface area contributed by atoms with Crippen molar-refractivity contribution in [2.45, 2.75) is 45.7 Å². The summed E-state index contributed by atoms with van der Waals surface area (Å²) in [6.07, 6.45) is 2.27. The van der Waals surface area contributed by atoms with Gasteiger partial charge in [-0.2, -0.15) is 0 Å². The van der Waals surface area contributed by atoms with Crippen molar-refractivity contribution in [3.05, 3.63) is 29.6 Å². The van der Waals surface area contributed by atoms with Crippen molar-refractivity contribution in [1.29, 1.82) is 0 Å². The lowest BCUT2D eigenvalue weighted by molar-refractivity contribution is 0.0684. The van der Waals surface area contributed by atoms with Crippen molar-refractivity contribution >= 4 is 5.91 Å². The van der Waals surface area contributed by atoms with Crippen LogP contribution in [0.2, 0.25) is 0 Å². The van der Waals surface area contributed by atoms with E-state index in [2.05, 4.69) is 18.8 Å². The SMILES string of the molecule is Cc1cccc(C(=O)N(C(C)C)C2CC2)n1. The molecule has 0 saturated heterocycles. The van der Waals surface area contributed by atoms with Gasteiger partial charge in [-0.3, -0.25) is 4.79 Å². The highest BCUT2D eigenvalue weighted by Crippen LogP contribution is 2.29. The van der Waals surface area contributed by atoms with Crippen LogP contribution in [0.4, 0.5) is 0 Å². The van der Waals surface area contributed by atoms with Crippen molar-refractivity contribution < 1.29 is 4.79 Å². The van der Waals surface area contributed by atoms with E-state index < -0.39 is 0 Å². The van der Waals surface area contributed by atoms with Crippen LogP contribution in [0, 0.1) is 6.92 Å². The summed E-state index contributed by atoms with van der Waals surface area (Å²) in [6.45, 7) is 6.03. The minimum atomic E-state index is 0.0706. The number of pyridine rings is 1. The number of carbonyl (C=O) groups is 1. The van der Waals surface area contributed by atoms with E-state index >= 15 is 0 Å². The molecule has 1 fully saturated rings. The number of nitrogens with zero attached hydrogens (tertiary/aromatic N) is 2. The van der Waals surface area contributed by atoms with Gasteiger partial charge in [0.1, 0.15) is 5.69 Å². The van der Waals surface area contributed by atoms with Gasteiger partial charge in [0, 0.05) is 17.8 Å². The molecule has 1 aliphatic carbocycles. The molecular weight excluding hydrogens is 200 g/mol. The van der Waals surface area contributed by atoms with Gasteiger partial charge in [0.25, 0.3) is 5.91 Å². The van der Waals surface area contributed by atoms with E-state index in [1.54, 1.807) is 6.07 Å². The Balaban J connectivity index is 2.22. The topological polar surface area (TPSA) is 33.2 Å². The van der Waals surface area contributed by atoms with E-state index in [4.69, 9.17) is 0 Å². The molecule has 0 atom stereocenters. The van der Waals surface area contributed by atoms with E-state index in [0.717, 1.165) is 18.5 Å². The second-order valence-electron chi connectivity index (χ2n) is 4.70. The van der Waals surface area contributed by atoms with E-state index in [1.807, 2.05) is 24.0 Å². The maximum atomic E-state index is 12.3. The van der Waals surface area contributed by atoms with Gasteiger partial charge in [0.15, 0.2) is 0 Å². The lowest BCUT2D eigenvalue weighted by Gasteiger charge is -2.26. The van der Waals surface area contributed by atoms with Crippen LogP contribution >= 0.6 is 0 Å². The molecule has 0 radical (unpaired) electrons. The zero-order chi connectivity index (χ0) is 11.7. The van der Waals surface area contributed by atoms with Crippen LogP contribution in [0.1, 0.15) is 42.9 Å². The molecule has 1 aliphatic rings. The molecule has 0 aromatic carbocycles. The molecule has 3 nitrogen and oxygen atoms in total. The van der Waals surface area contributed by atoms with Crippen molar-refractivity contribution in [3.8, 4) is 0 Å². The molecule has 0 bridgehead atoms. The number of aryl methyl sites for hydroxylation is 1. The Morgan fingerprint density at radius 2 is 2.12 bits per heavy atom.